The van der Waals surface area contributed by atoms with Crippen molar-refractivity contribution in [2.45, 2.75) is 6.04 Å². The van der Waals surface area contributed by atoms with E-state index < -0.39 is 17.7 Å². The van der Waals surface area contributed by atoms with Crippen molar-refractivity contribution in [3.05, 3.63) is 64.7 Å². The highest BCUT2D eigenvalue weighted by Gasteiger charge is 2.13. The third-order valence-corrected chi connectivity index (χ3v) is 2.72. The molecule has 19 heavy (non-hydrogen) atoms. The van der Waals surface area contributed by atoms with Crippen LogP contribution in [0.5, 0.6) is 0 Å². The Labute approximate surface area is 114 Å². The van der Waals surface area contributed by atoms with Crippen LogP contribution in [-0.4, -0.2) is 0 Å². The van der Waals surface area contributed by atoms with Gasteiger partial charge in [0.15, 0.2) is 0 Å². The lowest BCUT2D eigenvalue weighted by atomic mass is 10.1. The standard InChI is InChI=1S/C14H9ClF2N2/c15-10-2-1-3-13(6-10)19-14(8-18)9-4-11(16)7-12(17)5-9/h1-7,14,19H. The Bertz CT molecular complexity index is 617. The lowest BCUT2D eigenvalue weighted by molar-refractivity contribution is 0.579. The second-order valence-corrected chi connectivity index (χ2v) is 4.36. The summed E-state index contributed by atoms with van der Waals surface area (Å²) in [5, 5.41) is 12.5. The minimum atomic E-state index is -0.858. The molecule has 0 saturated carbocycles. The maximum absolute atomic E-state index is 13.1. The van der Waals surface area contributed by atoms with Crippen LogP contribution in [0.15, 0.2) is 42.5 Å². The second kappa shape index (κ2) is 5.68. The van der Waals surface area contributed by atoms with Crippen molar-refractivity contribution in [3.63, 3.8) is 0 Å². The summed E-state index contributed by atoms with van der Waals surface area (Å²) in [6, 6.07) is 10.8. The number of nitrogens with zero attached hydrogens (tertiary/aromatic N) is 1. The molecule has 0 amide bonds. The fourth-order valence-corrected chi connectivity index (χ4v) is 1.87. The normalized spacial score (nSPS) is 11.7. The van der Waals surface area contributed by atoms with Crippen molar-refractivity contribution < 1.29 is 8.78 Å². The summed E-state index contributed by atoms with van der Waals surface area (Å²) in [6.07, 6.45) is 0. The van der Waals surface area contributed by atoms with Gasteiger partial charge in [-0.25, -0.2) is 8.78 Å². The highest BCUT2D eigenvalue weighted by Crippen LogP contribution is 2.22. The molecule has 1 N–H and O–H groups in total. The number of nitrogens with one attached hydrogen (secondary N) is 1. The predicted molar refractivity (Wildman–Crippen MR) is 69.8 cm³/mol. The second-order valence-electron chi connectivity index (χ2n) is 3.92. The largest absolute Gasteiger partial charge is 0.366 e. The fourth-order valence-electron chi connectivity index (χ4n) is 1.68. The molecule has 0 aromatic heterocycles. The van der Waals surface area contributed by atoms with Crippen molar-refractivity contribution in [2.24, 2.45) is 0 Å². The van der Waals surface area contributed by atoms with Crippen LogP contribution in [0.25, 0.3) is 0 Å². The highest BCUT2D eigenvalue weighted by molar-refractivity contribution is 6.30. The maximum atomic E-state index is 13.1. The average Bonchev–Trinajstić information content (AvgIpc) is 2.34. The van der Waals surface area contributed by atoms with Crippen molar-refractivity contribution in [2.75, 3.05) is 5.32 Å². The van der Waals surface area contributed by atoms with Crippen LogP contribution >= 0.6 is 11.6 Å². The Kier molecular flexibility index (Phi) is 3.98. The smallest absolute Gasteiger partial charge is 0.140 e. The van der Waals surface area contributed by atoms with E-state index in [1.54, 1.807) is 24.3 Å². The SMILES string of the molecule is N#CC(Nc1cccc(Cl)c1)c1cc(F)cc(F)c1. The number of benzene rings is 2. The molecule has 2 nitrogen and oxygen atoms in total. The molecule has 0 aliphatic heterocycles. The Balaban J connectivity index is 2.28. The molecule has 0 spiro atoms. The van der Waals surface area contributed by atoms with Gasteiger partial charge in [-0.1, -0.05) is 17.7 Å². The molecular formula is C14H9ClF2N2. The molecule has 5 heteroatoms. The summed E-state index contributed by atoms with van der Waals surface area (Å²) >= 11 is 5.83. The van der Waals surface area contributed by atoms with Gasteiger partial charge in [0, 0.05) is 16.8 Å². The summed E-state index contributed by atoms with van der Waals surface area (Å²) in [7, 11) is 0. The molecule has 2 aromatic rings. The summed E-state index contributed by atoms with van der Waals surface area (Å²) in [5.74, 6) is -1.44. The molecule has 2 rings (SSSR count). The zero-order valence-corrected chi connectivity index (χ0v) is 10.5. The molecule has 1 atom stereocenters. The summed E-state index contributed by atoms with van der Waals surface area (Å²) in [4.78, 5) is 0. The Morgan fingerprint density at radius 3 is 2.37 bits per heavy atom. The van der Waals surface area contributed by atoms with E-state index in [1.165, 1.54) is 0 Å². The van der Waals surface area contributed by atoms with E-state index in [1.807, 2.05) is 6.07 Å². The molecule has 0 saturated heterocycles. The van der Waals surface area contributed by atoms with Gasteiger partial charge in [0.2, 0.25) is 0 Å². The van der Waals surface area contributed by atoms with E-state index >= 15 is 0 Å². The van der Waals surface area contributed by atoms with Crippen LogP contribution in [0.3, 0.4) is 0 Å². The monoisotopic (exact) mass is 278 g/mol. The summed E-state index contributed by atoms with van der Waals surface area (Å²) in [6.45, 7) is 0. The van der Waals surface area contributed by atoms with Gasteiger partial charge in [0.25, 0.3) is 0 Å². The zero-order chi connectivity index (χ0) is 13.8. The van der Waals surface area contributed by atoms with Gasteiger partial charge in [-0.3, -0.25) is 0 Å². The van der Waals surface area contributed by atoms with Crippen LogP contribution in [-0.2, 0) is 0 Å². The molecule has 2 aromatic carbocycles. The van der Waals surface area contributed by atoms with Gasteiger partial charge < -0.3 is 5.32 Å². The molecule has 0 aliphatic rings. The Morgan fingerprint density at radius 2 is 1.79 bits per heavy atom. The number of hydrogen-bond donors (Lipinski definition) is 1. The van der Waals surface area contributed by atoms with Crippen LogP contribution in [0, 0.1) is 23.0 Å². The van der Waals surface area contributed by atoms with Gasteiger partial charge in [0.05, 0.1) is 6.07 Å². The van der Waals surface area contributed by atoms with Gasteiger partial charge >= 0.3 is 0 Å². The maximum Gasteiger partial charge on any atom is 0.140 e. The van der Waals surface area contributed by atoms with Crippen molar-refractivity contribution in [3.8, 4) is 6.07 Å². The van der Waals surface area contributed by atoms with Gasteiger partial charge in [-0.05, 0) is 35.9 Å². The van der Waals surface area contributed by atoms with E-state index in [9.17, 15) is 8.78 Å². The topological polar surface area (TPSA) is 35.8 Å². The van der Waals surface area contributed by atoms with Crippen LogP contribution in [0.2, 0.25) is 5.02 Å². The summed E-state index contributed by atoms with van der Waals surface area (Å²) < 4.78 is 26.3. The van der Waals surface area contributed by atoms with E-state index in [4.69, 9.17) is 16.9 Å². The molecule has 0 radical (unpaired) electrons. The summed E-state index contributed by atoms with van der Waals surface area (Å²) in [5.41, 5.74) is 0.823. The van der Waals surface area contributed by atoms with Gasteiger partial charge in [-0.2, -0.15) is 5.26 Å². The van der Waals surface area contributed by atoms with Gasteiger partial charge in [0.1, 0.15) is 17.7 Å². The lowest BCUT2D eigenvalue weighted by Gasteiger charge is -2.13. The van der Waals surface area contributed by atoms with Crippen molar-refractivity contribution in [1.29, 1.82) is 5.26 Å². The Hall–Kier alpha value is -2.12. The minimum absolute atomic E-state index is 0.222. The van der Waals surface area contributed by atoms with Crippen molar-refractivity contribution in [1.82, 2.24) is 0 Å². The first-order valence-corrected chi connectivity index (χ1v) is 5.84. The molecular weight excluding hydrogens is 270 g/mol. The minimum Gasteiger partial charge on any atom is -0.366 e. The average molecular weight is 279 g/mol. The fraction of sp³-hybridized carbons (Fsp3) is 0.0714. The highest BCUT2D eigenvalue weighted by atomic mass is 35.5. The Morgan fingerprint density at radius 1 is 1.11 bits per heavy atom. The number of halogens is 3. The molecule has 0 heterocycles. The van der Waals surface area contributed by atoms with E-state index in [0.717, 1.165) is 18.2 Å². The molecule has 0 bridgehead atoms. The molecule has 0 fully saturated rings. The van der Waals surface area contributed by atoms with E-state index in [2.05, 4.69) is 5.32 Å². The number of anilines is 1. The third-order valence-electron chi connectivity index (χ3n) is 2.48. The van der Waals surface area contributed by atoms with E-state index in [-0.39, 0.29) is 5.56 Å². The molecule has 96 valence electrons. The first-order chi connectivity index (χ1) is 9.08. The van der Waals surface area contributed by atoms with Crippen LogP contribution in [0.1, 0.15) is 11.6 Å². The third kappa shape index (κ3) is 3.43. The quantitative estimate of drug-likeness (QED) is 0.909. The zero-order valence-electron chi connectivity index (χ0n) is 9.70. The first-order valence-electron chi connectivity index (χ1n) is 5.46. The van der Waals surface area contributed by atoms with Crippen LogP contribution in [0.4, 0.5) is 14.5 Å². The number of nitriles is 1. The lowest BCUT2D eigenvalue weighted by Crippen LogP contribution is -2.09. The predicted octanol–water partition coefficient (Wildman–Crippen LogP) is 4.29. The first kappa shape index (κ1) is 13.3. The van der Waals surface area contributed by atoms with Gasteiger partial charge in [-0.15, -0.1) is 0 Å². The molecule has 1 unspecified atom stereocenters. The number of hydrogen-bond acceptors (Lipinski definition) is 2. The molecule has 0 aliphatic carbocycles. The van der Waals surface area contributed by atoms with Crippen LogP contribution < -0.4 is 5.32 Å². The number of rotatable bonds is 3. The van der Waals surface area contributed by atoms with Crippen molar-refractivity contribution >= 4 is 17.3 Å². The van der Waals surface area contributed by atoms with E-state index in [0.29, 0.717) is 10.7 Å².